The summed E-state index contributed by atoms with van der Waals surface area (Å²) in [5.41, 5.74) is 1.12. The second-order valence-electron chi connectivity index (χ2n) is 4.20. The van der Waals surface area contributed by atoms with Crippen molar-refractivity contribution in [2.75, 3.05) is 0 Å². The third-order valence-electron chi connectivity index (χ3n) is 3.24. The highest BCUT2D eigenvalue weighted by Crippen LogP contribution is 2.37. The first kappa shape index (κ1) is 10.5. The van der Waals surface area contributed by atoms with Gasteiger partial charge >= 0.3 is 0 Å². The highest BCUT2D eigenvalue weighted by molar-refractivity contribution is 6.30. The van der Waals surface area contributed by atoms with Gasteiger partial charge in [-0.25, -0.2) is 0 Å². The first-order chi connectivity index (χ1) is 7.31. The van der Waals surface area contributed by atoms with E-state index in [1.165, 1.54) is 25.7 Å². The van der Waals surface area contributed by atoms with E-state index in [1.807, 2.05) is 24.3 Å². The maximum absolute atomic E-state index is 9.23. The fraction of sp³-hybridized carbons (Fsp3) is 0.462. The van der Waals surface area contributed by atoms with Crippen molar-refractivity contribution >= 4 is 11.6 Å². The summed E-state index contributed by atoms with van der Waals surface area (Å²) in [5, 5.41) is 9.96. The van der Waals surface area contributed by atoms with Crippen LogP contribution in [0.5, 0.6) is 0 Å². The molecule has 1 nitrogen and oxygen atoms in total. The maximum Gasteiger partial charge on any atom is 0.0740 e. The van der Waals surface area contributed by atoms with Crippen molar-refractivity contribution in [2.24, 2.45) is 5.92 Å². The smallest absolute Gasteiger partial charge is 0.0740 e. The fourth-order valence-electron chi connectivity index (χ4n) is 2.41. The third kappa shape index (κ3) is 2.33. The van der Waals surface area contributed by atoms with Gasteiger partial charge in [-0.2, -0.15) is 5.26 Å². The molecule has 1 saturated carbocycles. The molecule has 1 unspecified atom stereocenters. The van der Waals surface area contributed by atoms with Crippen LogP contribution < -0.4 is 0 Å². The Balaban J connectivity index is 2.19. The molecule has 0 amide bonds. The van der Waals surface area contributed by atoms with Gasteiger partial charge < -0.3 is 0 Å². The lowest BCUT2D eigenvalue weighted by Crippen LogP contribution is -2.07. The summed E-state index contributed by atoms with van der Waals surface area (Å²) in [4.78, 5) is 0. The average molecular weight is 220 g/mol. The Hall–Kier alpha value is -1.00. The summed E-state index contributed by atoms with van der Waals surface area (Å²) < 4.78 is 0. The molecule has 1 aromatic carbocycles. The van der Waals surface area contributed by atoms with E-state index in [4.69, 9.17) is 11.6 Å². The molecule has 0 N–H and O–H groups in total. The normalized spacial score (nSPS) is 18.7. The zero-order valence-electron chi connectivity index (χ0n) is 8.62. The van der Waals surface area contributed by atoms with E-state index in [0.29, 0.717) is 5.92 Å². The minimum atomic E-state index is 0.0600. The number of rotatable bonds is 2. The number of hydrogen-bond donors (Lipinski definition) is 0. The van der Waals surface area contributed by atoms with Crippen LogP contribution in [0.3, 0.4) is 0 Å². The standard InChI is InChI=1S/C13H14ClN/c14-12-7-5-11(6-8-12)13(9-15)10-3-1-2-4-10/h5-8,10,13H,1-4H2. The Bertz CT molecular complexity index is 357. The zero-order valence-corrected chi connectivity index (χ0v) is 9.37. The Morgan fingerprint density at radius 3 is 2.33 bits per heavy atom. The molecule has 0 bridgehead atoms. The van der Waals surface area contributed by atoms with Gasteiger partial charge in [0.25, 0.3) is 0 Å². The van der Waals surface area contributed by atoms with Gasteiger partial charge in [0.05, 0.1) is 12.0 Å². The summed E-state index contributed by atoms with van der Waals surface area (Å²) in [6.07, 6.45) is 4.94. The maximum atomic E-state index is 9.23. The average Bonchev–Trinajstić information content (AvgIpc) is 2.75. The minimum Gasteiger partial charge on any atom is -0.198 e. The van der Waals surface area contributed by atoms with Crippen LogP contribution in [-0.2, 0) is 0 Å². The molecule has 0 aromatic heterocycles. The summed E-state index contributed by atoms with van der Waals surface area (Å²) in [5.74, 6) is 0.612. The van der Waals surface area contributed by atoms with E-state index in [2.05, 4.69) is 6.07 Å². The van der Waals surface area contributed by atoms with Gasteiger partial charge in [-0.15, -0.1) is 0 Å². The molecule has 0 radical (unpaired) electrons. The van der Waals surface area contributed by atoms with E-state index in [-0.39, 0.29) is 5.92 Å². The Morgan fingerprint density at radius 1 is 1.20 bits per heavy atom. The molecule has 78 valence electrons. The summed E-state index contributed by atoms with van der Waals surface area (Å²) in [7, 11) is 0. The van der Waals surface area contributed by atoms with Crippen LogP contribution in [0, 0.1) is 17.2 Å². The molecule has 1 fully saturated rings. The van der Waals surface area contributed by atoms with E-state index < -0.39 is 0 Å². The molecule has 15 heavy (non-hydrogen) atoms. The molecule has 1 aliphatic rings. The van der Waals surface area contributed by atoms with Gasteiger partial charge in [-0.05, 0) is 36.5 Å². The molecule has 0 spiro atoms. The largest absolute Gasteiger partial charge is 0.198 e. The lowest BCUT2D eigenvalue weighted by molar-refractivity contribution is 0.501. The topological polar surface area (TPSA) is 23.8 Å². The number of nitrogens with zero attached hydrogens (tertiary/aromatic N) is 1. The first-order valence-electron chi connectivity index (χ1n) is 5.46. The summed E-state index contributed by atoms with van der Waals surface area (Å²) in [6, 6.07) is 10.1. The predicted molar refractivity (Wildman–Crippen MR) is 61.8 cm³/mol. The van der Waals surface area contributed by atoms with Gasteiger partial charge in [0.15, 0.2) is 0 Å². The van der Waals surface area contributed by atoms with Crippen LogP contribution in [0.15, 0.2) is 24.3 Å². The first-order valence-corrected chi connectivity index (χ1v) is 5.84. The zero-order chi connectivity index (χ0) is 10.7. The molecule has 2 heteroatoms. The van der Waals surface area contributed by atoms with Crippen molar-refractivity contribution in [3.05, 3.63) is 34.9 Å². The van der Waals surface area contributed by atoms with Crippen molar-refractivity contribution in [3.8, 4) is 6.07 Å². The monoisotopic (exact) mass is 219 g/mol. The van der Waals surface area contributed by atoms with E-state index in [1.54, 1.807) is 0 Å². The quantitative estimate of drug-likeness (QED) is 0.734. The highest BCUT2D eigenvalue weighted by atomic mass is 35.5. The lowest BCUT2D eigenvalue weighted by atomic mass is 9.86. The van der Waals surface area contributed by atoms with Crippen LogP contribution in [0.1, 0.15) is 37.2 Å². The van der Waals surface area contributed by atoms with Crippen molar-refractivity contribution in [2.45, 2.75) is 31.6 Å². The minimum absolute atomic E-state index is 0.0600. The number of nitriles is 1. The van der Waals surface area contributed by atoms with Gasteiger partial charge in [-0.3, -0.25) is 0 Å². The third-order valence-corrected chi connectivity index (χ3v) is 3.49. The number of halogens is 1. The fourth-order valence-corrected chi connectivity index (χ4v) is 2.54. The van der Waals surface area contributed by atoms with E-state index in [9.17, 15) is 5.26 Å². The van der Waals surface area contributed by atoms with Crippen molar-refractivity contribution in [3.63, 3.8) is 0 Å². The molecule has 0 heterocycles. The Kier molecular flexibility index (Phi) is 3.28. The Labute approximate surface area is 95.7 Å². The second-order valence-corrected chi connectivity index (χ2v) is 4.64. The second kappa shape index (κ2) is 4.68. The number of benzene rings is 1. The SMILES string of the molecule is N#CC(c1ccc(Cl)cc1)C1CCCC1. The van der Waals surface area contributed by atoms with Crippen LogP contribution >= 0.6 is 11.6 Å². The van der Waals surface area contributed by atoms with E-state index in [0.717, 1.165) is 10.6 Å². The molecule has 1 atom stereocenters. The van der Waals surface area contributed by atoms with Crippen molar-refractivity contribution in [1.82, 2.24) is 0 Å². The van der Waals surface area contributed by atoms with Crippen LogP contribution in [0.25, 0.3) is 0 Å². The molecule has 1 aliphatic carbocycles. The van der Waals surface area contributed by atoms with Crippen LogP contribution in [0.2, 0.25) is 5.02 Å². The molecular weight excluding hydrogens is 206 g/mol. The molecular formula is C13H14ClN. The van der Waals surface area contributed by atoms with Crippen molar-refractivity contribution in [1.29, 1.82) is 5.26 Å². The molecule has 2 rings (SSSR count). The summed E-state index contributed by atoms with van der Waals surface area (Å²) >= 11 is 5.84. The molecule has 0 aliphatic heterocycles. The van der Waals surface area contributed by atoms with E-state index >= 15 is 0 Å². The molecule has 0 saturated heterocycles. The van der Waals surface area contributed by atoms with Crippen LogP contribution in [-0.4, -0.2) is 0 Å². The van der Waals surface area contributed by atoms with Gasteiger partial charge in [0.2, 0.25) is 0 Å². The van der Waals surface area contributed by atoms with Crippen molar-refractivity contribution < 1.29 is 0 Å². The number of hydrogen-bond acceptors (Lipinski definition) is 1. The van der Waals surface area contributed by atoms with Crippen LogP contribution in [0.4, 0.5) is 0 Å². The van der Waals surface area contributed by atoms with Gasteiger partial charge in [0.1, 0.15) is 0 Å². The van der Waals surface area contributed by atoms with Gasteiger partial charge in [0, 0.05) is 5.02 Å². The predicted octanol–water partition coefficient (Wildman–Crippen LogP) is 4.14. The molecule has 1 aromatic rings. The summed E-state index contributed by atoms with van der Waals surface area (Å²) in [6.45, 7) is 0. The van der Waals surface area contributed by atoms with Gasteiger partial charge in [-0.1, -0.05) is 36.6 Å². The highest BCUT2D eigenvalue weighted by Gasteiger charge is 2.25. The Morgan fingerprint density at radius 2 is 1.80 bits per heavy atom. The lowest BCUT2D eigenvalue weighted by Gasteiger charge is -2.16.